The second-order valence-corrected chi connectivity index (χ2v) is 6.37. The largest absolute Gasteiger partial charge is 0.381 e. The summed E-state index contributed by atoms with van der Waals surface area (Å²) in [5, 5.41) is 3.56. The average molecular weight is 325 g/mol. The fourth-order valence-electron chi connectivity index (χ4n) is 3.53. The number of hydrogen-bond donors (Lipinski definition) is 1. The molecule has 3 nitrogen and oxygen atoms in total. The normalized spacial score (nSPS) is 24.0. The van der Waals surface area contributed by atoms with Crippen LogP contribution < -0.4 is 5.32 Å². The van der Waals surface area contributed by atoms with Gasteiger partial charge in [0.2, 0.25) is 0 Å². The van der Waals surface area contributed by atoms with Gasteiger partial charge in [-0.3, -0.25) is 4.90 Å². The molecule has 1 aromatic carbocycles. The first-order valence-electron chi connectivity index (χ1n) is 8.48. The van der Waals surface area contributed by atoms with Crippen LogP contribution in [-0.4, -0.2) is 44.3 Å². The highest BCUT2D eigenvalue weighted by Crippen LogP contribution is 2.26. The van der Waals surface area contributed by atoms with Crippen LogP contribution in [-0.2, 0) is 11.2 Å². The molecule has 0 aromatic heterocycles. The van der Waals surface area contributed by atoms with Gasteiger partial charge in [0.25, 0.3) is 0 Å². The number of benzene rings is 1. The number of nitrogens with one attached hydrogen (secondary N) is 1. The van der Waals surface area contributed by atoms with E-state index in [0.29, 0.717) is 6.04 Å². The van der Waals surface area contributed by atoms with Crippen molar-refractivity contribution in [1.82, 2.24) is 10.2 Å². The van der Waals surface area contributed by atoms with Crippen LogP contribution in [0.1, 0.15) is 36.9 Å². The Hall–Kier alpha value is -0.610. The Morgan fingerprint density at radius 3 is 2.59 bits per heavy atom. The number of piperazine rings is 1. The van der Waals surface area contributed by atoms with Crippen molar-refractivity contribution in [3.8, 4) is 0 Å². The minimum absolute atomic E-state index is 0. The lowest BCUT2D eigenvalue weighted by atomic mass is 9.96. The van der Waals surface area contributed by atoms with Crippen molar-refractivity contribution in [3.63, 3.8) is 0 Å². The molecule has 0 spiro atoms. The standard InChI is InChI=1S/C18H28N2O.ClH/c1-2-15-3-5-17(6-4-15)18-13-19-9-10-20(18)14-16-7-11-21-12-8-16;/h3-6,16,18-19H,2,7-14H2,1H3;1H. The van der Waals surface area contributed by atoms with Crippen molar-refractivity contribution in [1.29, 1.82) is 0 Å². The first-order valence-corrected chi connectivity index (χ1v) is 8.48. The Kier molecular flexibility index (Phi) is 7.16. The van der Waals surface area contributed by atoms with E-state index in [2.05, 4.69) is 41.4 Å². The fourth-order valence-corrected chi connectivity index (χ4v) is 3.53. The summed E-state index contributed by atoms with van der Waals surface area (Å²) in [6, 6.07) is 9.76. The molecule has 2 aliphatic heterocycles. The van der Waals surface area contributed by atoms with Gasteiger partial charge in [-0.05, 0) is 36.3 Å². The lowest BCUT2D eigenvalue weighted by Crippen LogP contribution is -2.48. The first-order chi connectivity index (χ1) is 10.4. The molecule has 0 saturated carbocycles. The number of rotatable bonds is 4. The quantitative estimate of drug-likeness (QED) is 0.921. The smallest absolute Gasteiger partial charge is 0.0473 e. The van der Waals surface area contributed by atoms with Gasteiger partial charge in [-0.2, -0.15) is 0 Å². The van der Waals surface area contributed by atoms with Gasteiger partial charge in [0.05, 0.1) is 0 Å². The van der Waals surface area contributed by atoms with E-state index >= 15 is 0 Å². The molecule has 0 amide bonds. The Morgan fingerprint density at radius 2 is 1.91 bits per heavy atom. The van der Waals surface area contributed by atoms with Gasteiger partial charge in [0, 0.05) is 45.4 Å². The van der Waals surface area contributed by atoms with E-state index in [1.54, 1.807) is 0 Å². The predicted octanol–water partition coefficient (Wildman–Crippen LogP) is 3.04. The van der Waals surface area contributed by atoms with E-state index in [4.69, 9.17) is 4.74 Å². The van der Waals surface area contributed by atoms with Gasteiger partial charge in [-0.15, -0.1) is 12.4 Å². The molecule has 0 radical (unpaired) electrons. The minimum Gasteiger partial charge on any atom is -0.381 e. The lowest BCUT2D eigenvalue weighted by molar-refractivity contribution is 0.0408. The maximum atomic E-state index is 5.50. The van der Waals surface area contributed by atoms with Crippen LogP contribution in [0.2, 0.25) is 0 Å². The van der Waals surface area contributed by atoms with E-state index in [9.17, 15) is 0 Å². The van der Waals surface area contributed by atoms with Crippen LogP contribution in [0.25, 0.3) is 0 Å². The molecule has 2 aliphatic rings. The molecule has 1 unspecified atom stereocenters. The molecule has 124 valence electrons. The first kappa shape index (κ1) is 17.7. The summed E-state index contributed by atoms with van der Waals surface area (Å²) < 4.78 is 5.50. The van der Waals surface area contributed by atoms with Gasteiger partial charge in [-0.1, -0.05) is 31.2 Å². The maximum Gasteiger partial charge on any atom is 0.0473 e. The molecule has 1 aromatic rings. The summed E-state index contributed by atoms with van der Waals surface area (Å²) in [7, 11) is 0. The number of ether oxygens (including phenoxy) is 1. The van der Waals surface area contributed by atoms with Crippen molar-refractivity contribution in [2.45, 2.75) is 32.2 Å². The summed E-state index contributed by atoms with van der Waals surface area (Å²) in [5.74, 6) is 0.814. The summed E-state index contributed by atoms with van der Waals surface area (Å²) in [6.45, 7) is 8.71. The lowest BCUT2D eigenvalue weighted by Gasteiger charge is -2.39. The van der Waals surface area contributed by atoms with Crippen molar-refractivity contribution >= 4 is 12.4 Å². The van der Waals surface area contributed by atoms with Crippen molar-refractivity contribution in [3.05, 3.63) is 35.4 Å². The third-order valence-electron chi connectivity index (χ3n) is 4.96. The maximum absolute atomic E-state index is 5.50. The van der Waals surface area contributed by atoms with Gasteiger partial charge < -0.3 is 10.1 Å². The summed E-state index contributed by atoms with van der Waals surface area (Å²) in [5.41, 5.74) is 2.89. The van der Waals surface area contributed by atoms with Crippen LogP contribution >= 0.6 is 12.4 Å². The Balaban J connectivity index is 0.00000176. The van der Waals surface area contributed by atoms with E-state index in [0.717, 1.165) is 45.2 Å². The Bertz CT molecular complexity index is 431. The summed E-state index contributed by atoms with van der Waals surface area (Å²) in [4.78, 5) is 2.69. The van der Waals surface area contributed by atoms with Crippen LogP contribution in [0.15, 0.2) is 24.3 Å². The van der Waals surface area contributed by atoms with Crippen LogP contribution in [0, 0.1) is 5.92 Å². The molecular formula is C18H29ClN2O. The Morgan fingerprint density at radius 1 is 1.18 bits per heavy atom. The SMILES string of the molecule is CCc1ccc(C2CNCCN2CC2CCOCC2)cc1.Cl. The van der Waals surface area contributed by atoms with Gasteiger partial charge in [0.15, 0.2) is 0 Å². The number of hydrogen-bond acceptors (Lipinski definition) is 3. The zero-order chi connectivity index (χ0) is 14.5. The molecule has 0 aliphatic carbocycles. The van der Waals surface area contributed by atoms with Crippen molar-refractivity contribution in [2.75, 3.05) is 39.4 Å². The zero-order valence-corrected chi connectivity index (χ0v) is 14.4. The molecule has 22 heavy (non-hydrogen) atoms. The number of aryl methyl sites for hydroxylation is 1. The molecule has 2 saturated heterocycles. The predicted molar refractivity (Wildman–Crippen MR) is 93.8 cm³/mol. The van der Waals surface area contributed by atoms with Crippen LogP contribution in [0.4, 0.5) is 0 Å². The van der Waals surface area contributed by atoms with Crippen LogP contribution in [0.5, 0.6) is 0 Å². The van der Waals surface area contributed by atoms with Gasteiger partial charge >= 0.3 is 0 Å². The summed E-state index contributed by atoms with van der Waals surface area (Å²) >= 11 is 0. The third kappa shape index (κ3) is 4.45. The number of nitrogens with zero attached hydrogens (tertiary/aromatic N) is 1. The van der Waals surface area contributed by atoms with E-state index in [1.165, 1.54) is 30.5 Å². The van der Waals surface area contributed by atoms with Gasteiger partial charge in [-0.25, -0.2) is 0 Å². The molecule has 2 heterocycles. The Labute approximate surface area is 140 Å². The molecular weight excluding hydrogens is 296 g/mol. The molecule has 2 fully saturated rings. The molecule has 4 heteroatoms. The third-order valence-corrected chi connectivity index (χ3v) is 4.96. The number of halogens is 1. The molecule has 0 bridgehead atoms. The zero-order valence-electron chi connectivity index (χ0n) is 13.6. The fraction of sp³-hybridized carbons (Fsp3) is 0.667. The molecule has 3 rings (SSSR count). The van der Waals surface area contributed by atoms with E-state index < -0.39 is 0 Å². The second kappa shape index (κ2) is 8.88. The van der Waals surface area contributed by atoms with E-state index in [-0.39, 0.29) is 12.4 Å². The summed E-state index contributed by atoms with van der Waals surface area (Å²) in [6.07, 6.45) is 3.58. The van der Waals surface area contributed by atoms with E-state index in [1.807, 2.05) is 0 Å². The monoisotopic (exact) mass is 324 g/mol. The minimum atomic E-state index is 0. The van der Waals surface area contributed by atoms with Crippen molar-refractivity contribution < 1.29 is 4.74 Å². The highest BCUT2D eigenvalue weighted by atomic mass is 35.5. The molecule has 1 atom stereocenters. The average Bonchev–Trinajstić information content (AvgIpc) is 2.56. The highest BCUT2D eigenvalue weighted by Gasteiger charge is 2.26. The second-order valence-electron chi connectivity index (χ2n) is 6.37. The topological polar surface area (TPSA) is 24.5 Å². The van der Waals surface area contributed by atoms with Crippen LogP contribution in [0.3, 0.4) is 0 Å². The highest BCUT2D eigenvalue weighted by molar-refractivity contribution is 5.85. The molecule has 1 N–H and O–H groups in total. The van der Waals surface area contributed by atoms with Crippen molar-refractivity contribution in [2.24, 2.45) is 5.92 Å². The van der Waals surface area contributed by atoms with Gasteiger partial charge in [0.1, 0.15) is 0 Å².